The van der Waals surface area contributed by atoms with E-state index in [1.807, 2.05) is 26.0 Å². The van der Waals surface area contributed by atoms with E-state index in [4.69, 9.17) is 0 Å². The number of hydrogen-bond donors (Lipinski definition) is 2. The number of carbonyl (C=O) groups is 1. The summed E-state index contributed by atoms with van der Waals surface area (Å²) in [5.74, 6) is -0.296. The molecule has 0 fully saturated rings. The van der Waals surface area contributed by atoms with Crippen molar-refractivity contribution in [3.63, 3.8) is 0 Å². The number of amides is 1. The Bertz CT molecular complexity index is 1390. The molecule has 0 saturated heterocycles. The molecule has 0 unspecified atom stereocenters. The van der Waals surface area contributed by atoms with E-state index < -0.39 is 20.0 Å². The number of benzene rings is 3. The minimum Gasteiger partial charge on any atom is -0.326 e. The molecule has 3 aromatic rings. The highest BCUT2D eigenvalue weighted by Gasteiger charge is 2.18. The van der Waals surface area contributed by atoms with Gasteiger partial charge in [0.2, 0.25) is 15.9 Å². The van der Waals surface area contributed by atoms with E-state index in [1.165, 1.54) is 28.6 Å². The Balaban J connectivity index is 1.57. The standard InChI is InChI=1S/C25H29N3O5S2/c1-19-11-16-24(20(2)18-19)27-35(32,33)23-14-12-21(13-15-23)26-25(29)10-7-17-28(34(3,30)31)22-8-5-4-6-9-22/h4-6,8-9,11-16,18,27H,7,10,17H2,1-3H3,(H,26,29). The topological polar surface area (TPSA) is 113 Å². The van der Waals surface area contributed by atoms with Gasteiger partial charge in [-0.05, 0) is 68.3 Å². The zero-order chi connectivity index (χ0) is 25.6. The lowest BCUT2D eigenvalue weighted by molar-refractivity contribution is -0.116. The number of rotatable bonds is 10. The lowest BCUT2D eigenvalue weighted by atomic mass is 10.1. The second-order valence-corrected chi connectivity index (χ2v) is 11.9. The van der Waals surface area contributed by atoms with Crippen molar-refractivity contribution in [2.24, 2.45) is 0 Å². The molecule has 10 heteroatoms. The fourth-order valence-corrected chi connectivity index (χ4v) is 5.63. The molecular weight excluding hydrogens is 486 g/mol. The molecule has 2 N–H and O–H groups in total. The van der Waals surface area contributed by atoms with Gasteiger partial charge in [-0.15, -0.1) is 0 Å². The van der Waals surface area contributed by atoms with Gasteiger partial charge in [0.05, 0.1) is 22.5 Å². The van der Waals surface area contributed by atoms with Crippen LogP contribution in [-0.2, 0) is 24.8 Å². The van der Waals surface area contributed by atoms with Crippen molar-refractivity contribution in [1.29, 1.82) is 0 Å². The van der Waals surface area contributed by atoms with Gasteiger partial charge < -0.3 is 5.32 Å². The maximum atomic E-state index is 12.7. The van der Waals surface area contributed by atoms with Crippen molar-refractivity contribution in [2.75, 3.05) is 27.1 Å². The third-order valence-electron chi connectivity index (χ3n) is 5.28. The first-order valence-corrected chi connectivity index (χ1v) is 14.3. The number of nitrogens with zero attached hydrogens (tertiary/aromatic N) is 1. The lowest BCUT2D eigenvalue weighted by Gasteiger charge is -2.22. The monoisotopic (exact) mass is 515 g/mol. The number of para-hydroxylation sites is 1. The highest BCUT2D eigenvalue weighted by Crippen LogP contribution is 2.22. The molecule has 0 aliphatic rings. The Morgan fingerprint density at radius 1 is 0.886 bits per heavy atom. The second-order valence-electron chi connectivity index (χ2n) is 8.27. The Labute approximate surface area is 207 Å². The van der Waals surface area contributed by atoms with E-state index in [-0.39, 0.29) is 23.8 Å². The van der Waals surface area contributed by atoms with Crippen LogP contribution in [0.5, 0.6) is 0 Å². The number of anilines is 3. The van der Waals surface area contributed by atoms with Crippen molar-refractivity contribution in [2.45, 2.75) is 31.6 Å². The van der Waals surface area contributed by atoms with Gasteiger partial charge in [-0.1, -0.05) is 35.9 Å². The molecule has 3 rings (SSSR count). The van der Waals surface area contributed by atoms with Crippen molar-refractivity contribution in [3.8, 4) is 0 Å². The highest BCUT2D eigenvalue weighted by atomic mass is 32.2. The van der Waals surface area contributed by atoms with Crippen molar-refractivity contribution in [3.05, 3.63) is 83.9 Å². The predicted octanol–water partition coefficient (Wildman–Crippen LogP) is 4.29. The number of carbonyl (C=O) groups excluding carboxylic acids is 1. The van der Waals surface area contributed by atoms with E-state index in [1.54, 1.807) is 36.4 Å². The average Bonchev–Trinajstić information content (AvgIpc) is 2.79. The molecule has 35 heavy (non-hydrogen) atoms. The van der Waals surface area contributed by atoms with Crippen LogP contribution in [0.3, 0.4) is 0 Å². The third kappa shape index (κ3) is 7.30. The number of nitrogens with one attached hydrogen (secondary N) is 2. The Hall–Kier alpha value is -3.37. The van der Waals surface area contributed by atoms with Gasteiger partial charge in [-0.3, -0.25) is 13.8 Å². The van der Waals surface area contributed by atoms with Gasteiger partial charge in [0.25, 0.3) is 10.0 Å². The van der Waals surface area contributed by atoms with Gasteiger partial charge >= 0.3 is 0 Å². The van der Waals surface area contributed by atoms with Crippen molar-refractivity contribution >= 4 is 43.0 Å². The van der Waals surface area contributed by atoms with Crippen LogP contribution in [0.2, 0.25) is 0 Å². The van der Waals surface area contributed by atoms with Crippen molar-refractivity contribution < 1.29 is 21.6 Å². The van der Waals surface area contributed by atoms with Crippen LogP contribution in [-0.4, -0.2) is 35.5 Å². The summed E-state index contributed by atoms with van der Waals surface area (Å²) in [7, 11) is -7.27. The maximum absolute atomic E-state index is 12.7. The zero-order valence-corrected chi connectivity index (χ0v) is 21.5. The quantitative estimate of drug-likeness (QED) is 0.418. The first-order valence-electron chi connectivity index (χ1n) is 11.0. The molecule has 3 aromatic carbocycles. The normalized spacial score (nSPS) is 11.6. The Morgan fingerprint density at radius 2 is 1.54 bits per heavy atom. The summed E-state index contributed by atoms with van der Waals surface area (Å²) in [6.45, 7) is 3.93. The first kappa shape index (κ1) is 26.2. The average molecular weight is 516 g/mol. The van der Waals surface area contributed by atoms with E-state index in [9.17, 15) is 21.6 Å². The molecule has 0 bridgehead atoms. The van der Waals surface area contributed by atoms with E-state index in [0.717, 1.165) is 17.4 Å². The molecule has 0 atom stereocenters. The largest absolute Gasteiger partial charge is 0.326 e. The molecule has 8 nitrogen and oxygen atoms in total. The zero-order valence-electron chi connectivity index (χ0n) is 19.9. The molecule has 0 heterocycles. The van der Waals surface area contributed by atoms with Gasteiger partial charge in [-0.2, -0.15) is 0 Å². The van der Waals surface area contributed by atoms with Gasteiger partial charge in [0.15, 0.2) is 0 Å². The number of hydrogen-bond acceptors (Lipinski definition) is 5. The Morgan fingerprint density at radius 3 is 2.14 bits per heavy atom. The SMILES string of the molecule is Cc1ccc(NS(=O)(=O)c2ccc(NC(=O)CCCN(c3ccccc3)S(C)(=O)=O)cc2)c(C)c1. The summed E-state index contributed by atoms with van der Waals surface area (Å²) < 4.78 is 53.6. The molecule has 0 spiro atoms. The van der Waals surface area contributed by atoms with Gasteiger partial charge in [0.1, 0.15) is 0 Å². The molecule has 0 radical (unpaired) electrons. The van der Waals surface area contributed by atoms with Crippen LogP contribution in [0.15, 0.2) is 77.7 Å². The predicted molar refractivity (Wildman–Crippen MR) is 140 cm³/mol. The lowest BCUT2D eigenvalue weighted by Crippen LogP contribution is -2.31. The Kier molecular flexibility index (Phi) is 8.18. The first-order chi connectivity index (χ1) is 16.5. The molecular formula is C25H29N3O5S2. The summed E-state index contributed by atoms with van der Waals surface area (Å²) >= 11 is 0. The minimum atomic E-state index is -3.78. The highest BCUT2D eigenvalue weighted by molar-refractivity contribution is 7.92. The smallest absolute Gasteiger partial charge is 0.261 e. The number of sulfonamides is 2. The summed E-state index contributed by atoms with van der Waals surface area (Å²) in [6.07, 6.45) is 1.55. The van der Waals surface area contributed by atoms with Gasteiger partial charge in [0, 0.05) is 18.7 Å². The fourth-order valence-electron chi connectivity index (χ4n) is 3.54. The van der Waals surface area contributed by atoms with E-state index in [0.29, 0.717) is 23.5 Å². The van der Waals surface area contributed by atoms with Crippen LogP contribution in [0.1, 0.15) is 24.0 Å². The van der Waals surface area contributed by atoms with E-state index in [2.05, 4.69) is 10.0 Å². The van der Waals surface area contributed by atoms with Crippen LogP contribution in [0.4, 0.5) is 17.1 Å². The summed E-state index contributed by atoms with van der Waals surface area (Å²) in [5, 5.41) is 2.72. The molecule has 0 saturated carbocycles. The summed E-state index contributed by atoms with van der Waals surface area (Å²) in [4.78, 5) is 12.4. The van der Waals surface area contributed by atoms with Crippen LogP contribution >= 0.6 is 0 Å². The maximum Gasteiger partial charge on any atom is 0.261 e. The summed E-state index contributed by atoms with van der Waals surface area (Å²) in [5.41, 5.74) is 3.35. The molecule has 0 aromatic heterocycles. The van der Waals surface area contributed by atoms with Crippen LogP contribution < -0.4 is 14.3 Å². The van der Waals surface area contributed by atoms with Crippen LogP contribution in [0.25, 0.3) is 0 Å². The molecule has 0 aliphatic heterocycles. The van der Waals surface area contributed by atoms with E-state index >= 15 is 0 Å². The number of aryl methyl sites for hydroxylation is 2. The third-order valence-corrected chi connectivity index (χ3v) is 7.86. The second kappa shape index (κ2) is 10.9. The molecule has 0 aliphatic carbocycles. The summed E-state index contributed by atoms with van der Waals surface area (Å²) in [6, 6.07) is 20.0. The van der Waals surface area contributed by atoms with Crippen LogP contribution in [0, 0.1) is 13.8 Å². The van der Waals surface area contributed by atoms with Gasteiger partial charge in [-0.25, -0.2) is 16.8 Å². The van der Waals surface area contributed by atoms with Crippen molar-refractivity contribution in [1.82, 2.24) is 0 Å². The molecule has 186 valence electrons. The molecule has 1 amide bonds. The minimum absolute atomic E-state index is 0.0714. The fraction of sp³-hybridized carbons (Fsp3) is 0.240.